The van der Waals surface area contributed by atoms with Gasteiger partial charge in [-0.1, -0.05) is 6.92 Å². The molecule has 2 N–H and O–H groups in total. The number of nitrogens with one attached hydrogen (secondary N) is 2. The van der Waals surface area contributed by atoms with Crippen LogP contribution in [0.3, 0.4) is 0 Å². The molecule has 0 radical (unpaired) electrons. The topological polar surface area (TPSA) is 92.7 Å². The van der Waals surface area contributed by atoms with Crippen molar-refractivity contribution in [2.45, 2.75) is 40.3 Å². The highest BCUT2D eigenvalue weighted by atomic mass is 19.1. The quantitative estimate of drug-likeness (QED) is 0.685. The molecule has 0 aliphatic carbocycles. The third kappa shape index (κ3) is 4.16. The Morgan fingerprint density at radius 3 is 2.71 bits per heavy atom. The van der Waals surface area contributed by atoms with Crippen molar-refractivity contribution in [1.29, 1.82) is 0 Å². The van der Waals surface area contributed by atoms with Gasteiger partial charge in [0.1, 0.15) is 5.82 Å². The predicted molar refractivity (Wildman–Crippen MR) is 103 cm³/mol. The Bertz CT molecular complexity index is 1050. The summed E-state index contributed by atoms with van der Waals surface area (Å²) in [5.41, 5.74) is 3.44. The summed E-state index contributed by atoms with van der Waals surface area (Å²) in [6, 6.07) is 6.75. The maximum Gasteiger partial charge on any atom is 0.264 e. The summed E-state index contributed by atoms with van der Waals surface area (Å²) in [5, 5.41) is 13.5. The zero-order valence-corrected chi connectivity index (χ0v) is 16.0. The molecule has 0 atom stereocenters. The van der Waals surface area contributed by atoms with Gasteiger partial charge in [0.2, 0.25) is 0 Å². The van der Waals surface area contributed by atoms with Crippen molar-refractivity contribution in [3.63, 3.8) is 0 Å². The Morgan fingerprint density at radius 1 is 1.25 bits per heavy atom. The van der Waals surface area contributed by atoms with E-state index < -0.39 is 11.7 Å². The maximum atomic E-state index is 14.0. The van der Waals surface area contributed by atoms with Crippen molar-refractivity contribution in [3.05, 3.63) is 69.0 Å². The number of H-pyrrole nitrogens is 1. The van der Waals surface area contributed by atoms with E-state index in [1.807, 2.05) is 18.5 Å². The van der Waals surface area contributed by atoms with Crippen molar-refractivity contribution in [2.75, 3.05) is 0 Å². The van der Waals surface area contributed by atoms with Crippen molar-refractivity contribution in [3.8, 4) is 11.3 Å². The number of benzene rings is 1. The van der Waals surface area contributed by atoms with Crippen LogP contribution in [0, 0.1) is 19.7 Å². The van der Waals surface area contributed by atoms with E-state index in [-0.39, 0.29) is 11.1 Å². The number of nitrogens with zero attached hydrogens (tertiary/aromatic N) is 3. The summed E-state index contributed by atoms with van der Waals surface area (Å²) in [5.74, 6) is -0.953. The van der Waals surface area contributed by atoms with Gasteiger partial charge in [-0.3, -0.25) is 14.3 Å². The van der Waals surface area contributed by atoms with Gasteiger partial charge < -0.3 is 5.32 Å². The first-order chi connectivity index (χ1) is 13.4. The molecule has 2 aromatic heterocycles. The molecule has 3 aromatic rings. The van der Waals surface area contributed by atoms with E-state index in [1.54, 1.807) is 6.07 Å². The van der Waals surface area contributed by atoms with E-state index in [9.17, 15) is 14.0 Å². The second kappa shape index (κ2) is 8.16. The van der Waals surface area contributed by atoms with Crippen LogP contribution < -0.4 is 10.9 Å². The van der Waals surface area contributed by atoms with Gasteiger partial charge in [0, 0.05) is 41.5 Å². The van der Waals surface area contributed by atoms with Crippen LogP contribution in [-0.4, -0.2) is 25.9 Å². The molecule has 28 heavy (non-hydrogen) atoms. The number of carbonyl (C=O) groups excluding carboxylic acids is 1. The minimum absolute atomic E-state index is 0.180. The first-order valence-electron chi connectivity index (χ1n) is 9.06. The lowest BCUT2D eigenvalue weighted by Gasteiger charge is -2.08. The van der Waals surface area contributed by atoms with E-state index in [1.165, 1.54) is 24.3 Å². The van der Waals surface area contributed by atoms with Gasteiger partial charge in [0.05, 0.1) is 11.4 Å². The lowest BCUT2D eigenvalue weighted by molar-refractivity contribution is 0.0950. The van der Waals surface area contributed by atoms with Gasteiger partial charge in [0.15, 0.2) is 0 Å². The molecule has 0 aliphatic rings. The third-order valence-electron chi connectivity index (χ3n) is 4.53. The number of aromatic amines is 1. The molecule has 1 aromatic carbocycles. The number of hydrogen-bond acceptors (Lipinski definition) is 4. The van der Waals surface area contributed by atoms with Crippen LogP contribution in [0.15, 0.2) is 35.1 Å². The average molecular weight is 383 g/mol. The van der Waals surface area contributed by atoms with Crippen molar-refractivity contribution in [2.24, 2.45) is 0 Å². The molecular weight excluding hydrogens is 361 g/mol. The SMILES string of the molecule is CCCn1nc(C)c(CNC(=O)c2cc(F)cc(-c3ccc(=O)[nH]n3)c2)c1C. The summed E-state index contributed by atoms with van der Waals surface area (Å²) >= 11 is 0. The molecule has 1 amide bonds. The number of aromatic nitrogens is 4. The Kier molecular flexibility index (Phi) is 5.67. The third-order valence-corrected chi connectivity index (χ3v) is 4.53. The van der Waals surface area contributed by atoms with Crippen molar-refractivity contribution in [1.82, 2.24) is 25.3 Å². The minimum Gasteiger partial charge on any atom is -0.348 e. The van der Waals surface area contributed by atoms with Gasteiger partial charge in [-0.15, -0.1) is 0 Å². The van der Waals surface area contributed by atoms with Crippen LogP contribution in [0.1, 0.15) is 40.7 Å². The van der Waals surface area contributed by atoms with Crippen molar-refractivity contribution >= 4 is 5.91 Å². The summed E-state index contributed by atoms with van der Waals surface area (Å²) in [6.07, 6.45) is 0.971. The molecule has 0 unspecified atom stereocenters. The molecular formula is C20H22FN5O2. The van der Waals surface area contributed by atoms with E-state index in [0.717, 1.165) is 29.9 Å². The fraction of sp³-hybridized carbons (Fsp3) is 0.300. The van der Waals surface area contributed by atoms with Crippen LogP contribution in [0.4, 0.5) is 4.39 Å². The van der Waals surface area contributed by atoms with Crippen LogP contribution in [0.25, 0.3) is 11.3 Å². The zero-order chi connectivity index (χ0) is 20.3. The molecule has 2 heterocycles. The normalized spacial score (nSPS) is 10.9. The highest BCUT2D eigenvalue weighted by Gasteiger charge is 2.14. The number of rotatable bonds is 6. The van der Waals surface area contributed by atoms with E-state index >= 15 is 0 Å². The number of carbonyl (C=O) groups is 1. The summed E-state index contributed by atoms with van der Waals surface area (Å²) in [7, 11) is 0. The Labute approximate surface area is 161 Å². The van der Waals surface area contributed by atoms with Gasteiger partial charge >= 0.3 is 0 Å². The van der Waals surface area contributed by atoms with Crippen LogP contribution in [0.2, 0.25) is 0 Å². The minimum atomic E-state index is -0.557. The molecule has 0 aliphatic heterocycles. The molecule has 146 valence electrons. The number of halogens is 1. The lowest BCUT2D eigenvalue weighted by atomic mass is 10.1. The number of aryl methyl sites for hydroxylation is 2. The molecule has 8 heteroatoms. The largest absolute Gasteiger partial charge is 0.348 e. The van der Waals surface area contributed by atoms with Crippen molar-refractivity contribution < 1.29 is 9.18 Å². The maximum absolute atomic E-state index is 14.0. The first-order valence-corrected chi connectivity index (χ1v) is 9.06. The fourth-order valence-corrected chi connectivity index (χ4v) is 3.06. The molecule has 0 saturated carbocycles. The second-order valence-electron chi connectivity index (χ2n) is 6.59. The summed E-state index contributed by atoms with van der Waals surface area (Å²) in [4.78, 5) is 23.7. The second-order valence-corrected chi connectivity index (χ2v) is 6.59. The predicted octanol–water partition coefficient (Wildman–Crippen LogP) is 2.73. The fourth-order valence-electron chi connectivity index (χ4n) is 3.06. The first kappa shape index (κ1) is 19.5. The molecule has 0 spiro atoms. The summed E-state index contributed by atoms with van der Waals surface area (Å²) in [6.45, 7) is 7.09. The Hall–Kier alpha value is -3.29. The van der Waals surface area contributed by atoms with Crippen LogP contribution >= 0.6 is 0 Å². The van der Waals surface area contributed by atoms with Gasteiger partial charge in [-0.2, -0.15) is 10.2 Å². The zero-order valence-electron chi connectivity index (χ0n) is 16.0. The monoisotopic (exact) mass is 383 g/mol. The van der Waals surface area contributed by atoms with E-state index in [4.69, 9.17) is 0 Å². The molecule has 0 fully saturated rings. The van der Waals surface area contributed by atoms with Gasteiger partial charge in [-0.25, -0.2) is 9.49 Å². The Balaban J connectivity index is 1.80. The van der Waals surface area contributed by atoms with Gasteiger partial charge in [-0.05, 0) is 44.5 Å². The standard InChI is InChI=1S/C20H22FN5O2/c1-4-7-26-13(3)17(12(2)25-26)11-22-20(28)15-8-14(9-16(21)10-15)18-5-6-19(27)24-23-18/h5-6,8-10H,4,7,11H2,1-3H3,(H,22,28)(H,24,27). The smallest absolute Gasteiger partial charge is 0.264 e. The summed E-state index contributed by atoms with van der Waals surface area (Å²) < 4.78 is 16.0. The molecule has 0 saturated heterocycles. The number of hydrogen-bond donors (Lipinski definition) is 2. The molecule has 0 bridgehead atoms. The Morgan fingerprint density at radius 2 is 2.04 bits per heavy atom. The molecule has 7 nitrogen and oxygen atoms in total. The average Bonchev–Trinajstić information content (AvgIpc) is 2.93. The highest BCUT2D eigenvalue weighted by Crippen LogP contribution is 2.19. The molecule has 3 rings (SSSR count). The van der Waals surface area contributed by atoms with E-state index in [0.29, 0.717) is 17.8 Å². The van der Waals surface area contributed by atoms with Gasteiger partial charge in [0.25, 0.3) is 11.5 Å². The van der Waals surface area contributed by atoms with E-state index in [2.05, 4.69) is 27.5 Å². The van der Waals surface area contributed by atoms with Crippen LogP contribution in [-0.2, 0) is 13.1 Å². The number of amides is 1. The lowest BCUT2D eigenvalue weighted by Crippen LogP contribution is -2.23. The van der Waals surface area contributed by atoms with Crippen LogP contribution in [0.5, 0.6) is 0 Å². The highest BCUT2D eigenvalue weighted by molar-refractivity contribution is 5.95.